The van der Waals surface area contributed by atoms with Crippen LogP contribution in [0.3, 0.4) is 0 Å². The predicted molar refractivity (Wildman–Crippen MR) is 93.6 cm³/mol. The van der Waals surface area contributed by atoms with Crippen molar-refractivity contribution in [1.29, 1.82) is 0 Å². The van der Waals surface area contributed by atoms with Crippen LogP contribution in [0.1, 0.15) is 26.3 Å². The van der Waals surface area contributed by atoms with Gasteiger partial charge in [0.15, 0.2) is 0 Å². The fourth-order valence-corrected chi connectivity index (χ4v) is 2.24. The molecule has 0 atom stereocenters. The molecule has 0 radical (unpaired) electrons. The lowest BCUT2D eigenvalue weighted by atomic mass is 10.1. The number of anilines is 1. The van der Waals surface area contributed by atoms with Gasteiger partial charge in [-0.25, -0.2) is 4.79 Å². The summed E-state index contributed by atoms with van der Waals surface area (Å²) in [5.74, 6) is -2.02. The highest BCUT2D eigenvalue weighted by Gasteiger charge is 2.33. The SMILES string of the molecule is COC(=O)c1cc(C(=O)NNc2ccc(C(F)(F)F)cc2[N+](=O)[O-])cc([N+](=O)[O-])c1. The minimum atomic E-state index is -4.82. The maximum absolute atomic E-state index is 12.7. The first kappa shape index (κ1) is 22.1. The lowest BCUT2D eigenvalue weighted by Crippen LogP contribution is -2.30. The number of rotatable bonds is 6. The van der Waals surface area contributed by atoms with E-state index in [0.29, 0.717) is 6.07 Å². The second-order valence-electron chi connectivity index (χ2n) is 5.58. The van der Waals surface area contributed by atoms with Gasteiger partial charge in [-0.2, -0.15) is 13.2 Å². The molecule has 1 amide bonds. The summed E-state index contributed by atoms with van der Waals surface area (Å²) in [5.41, 5.74) is 0.0436. The van der Waals surface area contributed by atoms with E-state index in [9.17, 15) is 43.0 Å². The number of halogens is 3. The number of nitrogens with zero attached hydrogens (tertiary/aromatic N) is 2. The number of amides is 1. The van der Waals surface area contributed by atoms with Crippen molar-refractivity contribution < 1.29 is 37.3 Å². The summed E-state index contributed by atoms with van der Waals surface area (Å²) in [6.07, 6.45) is -4.82. The molecule has 0 heterocycles. The molecule has 0 spiro atoms. The number of carbonyl (C=O) groups excluding carboxylic acids is 2. The molecule has 30 heavy (non-hydrogen) atoms. The third kappa shape index (κ3) is 4.98. The molecule has 0 bridgehead atoms. The molecule has 0 aliphatic heterocycles. The summed E-state index contributed by atoms with van der Waals surface area (Å²) in [7, 11) is 1.02. The summed E-state index contributed by atoms with van der Waals surface area (Å²) in [5, 5.41) is 22.0. The quantitative estimate of drug-likeness (QED) is 0.404. The minimum Gasteiger partial charge on any atom is -0.465 e. The first-order chi connectivity index (χ1) is 13.9. The Bertz CT molecular complexity index is 1040. The van der Waals surface area contributed by atoms with Crippen LogP contribution in [0.15, 0.2) is 36.4 Å². The number of carbonyl (C=O) groups is 2. The van der Waals surface area contributed by atoms with Crippen molar-refractivity contribution >= 4 is 28.9 Å². The molecule has 0 aromatic heterocycles. The van der Waals surface area contributed by atoms with Crippen molar-refractivity contribution in [2.24, 2.45) is 0 Å². The summed E-state index contributed by atoms with van der Waals surface area (Å²) < 4.78 is 42.6. The van der Waals surface area contributed by atoms with E-state index in [2.05, 4.69) is 10.2 Å². The molecule has 0 saturated heterocycles. The molecular formula is C16H11F3N4O7. The number of nitro benzene ring substituents is 2. The van der Waals surface area contributed by atoms with Crippen LogP contribution in [0.25, 0.3) is 0 Å². The topological polar surface area (TPSA) is 154 Å². The van der Waals surface area contributed by atoms with Gasteiger partial charge in [-0.1, -0.05) is 0 Å². The van der Waals surface area contributed by atoms with Gasteiger partial charge in [0.1, 0.15) is 5.69 Å². The van der Waals surface area contributed by atoms with Gasteiger partial charge in [0, 0.05) is 23.8 Å². The Labute approximate surface area is 164 Å². The van der Waals surface area contributed by atoms with Gasteiger partial charge in [0.2, 0.25) is 0 Å². The molecule has 0 aliphatic rings. The zero-order valence-electron chi connectivity index (χ0n) is 14.9. The molecule has 0 fully saturated rings. The molecule has 2 rings (SSSR count). The second kappa shape index (κ2) is 8.42. The highest BCUT2D eigenvalue weighted by Crippen LogP contribution is 2.34. The van der Waals surface area contributed by atoms with E-state index in [0.717, 1.165) is 31.4 Å². The van der Waals surface area contributed by atoms with Gasteiger partial charge in [-0.05, 0) is 18.2 Å². The lowest BCUT2D eigenvalue weighted by molar-refractivity contribution is -0.384. The molecule has 11 nitrogen and oxygen atoms in total. The standard InChI is InChI=1S/C16H11F3N4O7/c1-30-15(25)9-4-8(5-11(6-9)22(26)27)14(24)21-20-12-3-2-10(16(17,18)19)7-13(12)23(28)29/h2-7,20H,1H3,(H,21,24). The Morgan fingerprint density at radius 3 is 2.17 bits per heavy atom. The lowest BCUT2D eigenvalue weighted by Gasteiger charge is -2.12. The number of hydrogen-bond acceptors (Lipinski definition) is 8. The van der Waals surface area contributed by atoms with Crippen LogP contribution in [0.2, 0.25) is 0 Å². The van der Waals surface area contributed by atoms with Crippen molar-refractivity contribution in [3.05, 3.63) is 73.3 Å². The van der Waals surface area contributed by atoms with Crippen LogP contribution < -0.4 is 10.9 Å². The van der Waals surface area contributed by atoms with Gasteiger partial charge < -0.3 is 4.74 Å². The van der Waals surface area contributed by atoms with Gasteiger partial charge in [-0.15, -0.1) is 0 Å². The third-order valence-electron chi connectivity index (χ3n) is 3.64. The minimum absolute atomic E-state index is 0.275. The fraction of sp³-hybridized carbons (Fsp3) is 0.125. The molecule has 0 aliphatic carbocycles. The van der Waals surface area contributed by atoms with E-state index in [-0.39, 0.29) is 17.2 Å². The summed E-state index contributed by atoms with van der Waals surface area (Å²) >= 11 is 0. The zero-order chi connectivity index (χ0) is 22.6. The molecule has 2 N–H and O–H groups in total. The average molecular weight is 428 g/mol. The highest BCUT2D eigenvalue weighted by atomic mass is 19.4. The summed E-state index contributed by atoms with van der Waals surface area (Å²) in [6.45, 7) is 0. The first-order valence-electron chi connectivity index (χ1n) is 7.74. The molecular weight excluding hydrogens is 417 g/mol. The second-order valence-corrected chi connectivity index (χ2v) is 5.58. The molecule has 2 aromatic carbocycles. The molecule has 0 unspecified atom stereocenters. The first-order valence-corrected chi connectivity index (χ1v) is 7.74. The van der Waals surface area contributed by atoms with E-state index in [1.807, 2.05) is 5.43 Å². The van der Waals surface area contributed by atoms with Crippen molar-refractivity contribution in [1.82, 2.24) is 5.43 Å². The van der Waals surface area contributed by atoms with E-state index < -0.39 is 50.5 Å². The number of esters is 1. The number of nitrogens with one attached hydrogen (secondary N) is 2. The third-order valence-corrected chi connectivity index (χ3v) is 3.64. The van der Waals surface area contributed by atoms with Gasteiger partial charge in [-0.3, -0.25) is 35.9 Å². The zero-order valence-corrected chi connectivity index (χ0v) is 14.9. The van der Waals surface area contributed by atoms with E-state index in [4.69, 9.17) is 0 Å². The summed E-state index contributed by atoms with van der Waals surface area (Å²) in [4.78, 5) is 44.0. The molecule has 14 heteroatoms. The number of methoxy groups -OCH3 is 1. The maximum Gasteiger partial charge on any atom is 0.416 e. The van der Waals surface area contributed by atoms with Crippen LogP contribution in [0.5, 0.6) is 0 Å². The van der Waals surface area contributed by atoms with E-state index in [1.165, 1.54) is 0 Å². The number of benzene rings is 2. The Kier molecular flexibility index (Phi) is 6.19. The van der Waals surface area contributed by atoms with Crippen LogP contribution in [0.4, 0.5) is 30.2 Å². The number of non-ortho nitro benzene ring substituents is 1. The highest BCUT2D eigenvalue weighted by molar-refractivity contribution is 5.99. The van der Waals surface area contributed by atoms with Crippen molar-refractivity contribution in [3.8, 4) is 0 Å². The predicted octanol–water partition coefficient (Wildman–Crippen LogP) is 3.07. The average Bonchev–Trinajstić information content (AvgIpc) is 2.69. The van der Waals surface area contributed by atoms with Crippen molar-refractivity contribution in [2.45, 2.75) is 6.18 Å². The number of hydrogen-bond donors (Lipinski definition) is 2. The summed E-state index contributed by atoms with van der Waals surface area (Å²) in [6, 6.07) is 4.23. The van der Waals surface area contributed by atoms with Crippen molar-refractivity contribution in [2.75, 3.05) is 12.5 Å². The molecule has 0 saturated carbocycles. The van der Waals surface area contributed by atoms with Gasteiger partial charge in [0.05, 0.1) is 28.1 Å². The fourth-order valence-electron chi connectivity index (χ4n) is 2.24. The number of alkyl halides is 3. The monoisotopic (exact) mass is 428 g/mol. The molecule has 2 aromatic rings. The molecule has 158 valence electrons. The van der Waals surface area contributed by atoms with Crippen LogP contribution >= 0.6 is 0 Å². The number of ether oxygens (including phenoxy) is 1. The largest absolute Gasteiger partial charge is 0.465 e. The van der Waals surface area contributed by atoms with Crippen LogP contribution in [-0.4, -0.2) is 28.8 Å². The Balaban J connectivity index is 2.31. The Morgan fingerprint density at radius 2 is 1.63 bits per heavy atom. The van der Waals surface area contributed by atoms with Crippen molar-refractivity contribution in [3.63, 3.8) is 0 Å². The Morgan fingerprint density at radius 1 is 1.00 bits per heavy atom. The Hall–Kier alpha value is -4.23. The van der Waals surface area contributed by atoms with E-state index >= 15 is 0 Å². The number of hydrazine groups is 1. The van der Waals surface area contributed by atoms with Crippen LogP contribution in [-0.2, 0) is 10.9 Å². The smallest absolute Gasteiger partial charge is 0.416 e. The maximum atomic E-state index is 12.7. The van der Waals surface area contributed by atoms with E-state index in [1.54, 1.807) is 0 Å². The normalized spacial score (nSPS) is 10.8. The van der Waals surface area contributed by atoms with Gasteiger partial charge >= 0.3 is 12.1 Å². The van der Waals surface area contributed by atoms with Crippen LogP contribution in [0, 0.1) is 20.2 Å². The number of nitro groups is 2. The van der Waals surface area contributed by atoms with Gasteiger partial charge in [0.25, 0.3) is 17.3 Å².